The van der Waals surface area contributed by atoms with Gasteiger partial charge in [0.1, 0.15) is 11.5 Å². The molecule has 0 spiro atoms. The summed E-state index contributed by atoms with van der Waals surface area (Å²) in [7, 11) is 0. The SMILES string of the molecule is Cc1cc(C)c(-c2cn3c(n2)c2[c-]c(Oc4[c-]c5c(cc4)c4cccc6c4n5-c4ncccc4C6(c4ccccc4)c4ccccc4)ccc2c2cccnc23)c(C)c1.[Pt+2]. The molecule has 1 aliphatic rings. The Balaban J connectivity index is 0.00000408. The maximum absolute atomic E-state index is 6.71. The molecule has 6 nitrogen and oxygen atoms in total. The molecular weight excluding hydrogens is 918 g/mol. The van der Waals surface area contributed by atoms with Crippen molar-refractivity contribution in [3.8, 4) is 28.6 Å². The molecule has 5 aromatic heterocycles. The normalized spacial score (nSPS) is 12.9. The maximum Gasteiger partial charge on any atom is 2.00 e. The van der Waals surface area contributed by atoms with Gasteiger partial charge in [-0.25, -0.2) is 9.97 Å². The van der Waals surface area contributed by atoms with Gasteiger partial charge >= 0.3 is 21.1 Å². The van der Waals surface area contributed by atoms with Crippen LogP contribution in [0.2, 0.25) is 0 Å². The van der Waals surface area contributed by atoms with Crippen LogP contribution in [-0.2, 0) is 26.5 Å². The molecule has 0 atom stereocenters. The van der Waals surface area contributed by atoms with Crippen LogP contribution in [0.4, 0.5) is 0 Å². The zero-order chi connectivity index (χ0) is 39.4. The summed E-state index contributed by atoms with van der Waals surface area (Å²) in [6.45, 7) is 6.44. The molecule has 6 heterocycles. The van der Waals surface area contributed by atoms with Gasteiger partial charge < -0.3 is 13.7 Å². The van der Waals surface area contributed by atoms with Gasteiger partial charge in [0.2, 0.25) is 0 Å². The Kier molecular flexibility index (Phi) is 8.20. The zero-order valence-corrected chi connectivity index (χ0v) is 35.2. The number of imidazole rings is 1. The number of benzene rings is 6. The summed E-state index contributed by atoms with van der Waals surface area (Å²) < 4.78 is 11.1. The standard InChI is InChI=1S/C53H35N5O.Pt/c1-32-27-33(2)48(34(3)28-32)46-31-57-50-42(18-11-25-54-50)39-23-21-37(29-43(39)51(57)56-46)59-38-22-24-40-41-17-10-19-44-49(41)58(47(40)30-38)52-45(20-12-26-55-52)53(44,35-13-6-4-7-14-35)36-15-8-5-9-16-36;/h4-28,31H,1-3H3;/q-2;+2. The maximum atomic E-state index is 6.71. The molecule has 0 radical (unpaired) electrons. The predicted molar refractivity (Wildman–Crippen MR) is 236 cm³/mol. The van der Waals surface area contributed by atoms with E-state index in [4.69, 9.17) is 19.7 Å². The summed E-state index contributed by atoms with van der Waals surface area (Å²) in [5.41, 5.74) is 13.4. The number of para-hydroxylation sites is 1. The minimum Gasteiger partial charge on any atom is -0.503 e. The van der Waals surface area contributed by atoms with Gasteiger partial charge in [-0.1, -0.05) is 131 Å². The van der Waals surface area contributed by atoms with E-state index >= 15 is 0 Å². The van der Waals surface area contributed by atoms with E-state index in [1.165, 1.54) is 33.4 Å². The Bertz CT molecular complexity index is 3450. The van der Waals surface area contributed by atoms with Crippen LogP contribution in [0.1, 0.15) is 38.9 Å². The molecule has 0 saturated carbocycles. The number of rotatable bonds is 5. The van der Waals surface area contributed by atoms with Crippen molar-refractivity contribution in [2.45, 2.75) is 26.2 Å². The van der Waals surface area contributed by atoms with Crippen molar-refractivity contribution in [2.75, 3.05) is 0 Å². The Labute approximate surface area is 361 Å². The zero-order valence-electron chi connectivity index (χ0n) is 33.0. The summed E-state index contributed by atoms with van der Waals surface area (Å²) in [5.74, 6) is 2.04. The van der Waals surface area contributed by atoms with Crippen LogP contribution in [0.3, 0.4) is 0 Å². The molecule has 6 aromatic carbocycles. The molecule has 7 heteroatoms. The summed E-state index contributed by atoms with van der Waals surface area (Å²) in [6, 6.07) is 56.6. The van der Waals surface area contributed by atoms with Gasteiger partial charge in [-0.2, -0.15) is 6.07 Å². The van der Waals surface area contributed by atoms with Gasteiger partial charge in [0.05, 0.1) is 16.8 Å². The Morgan fingerprint density at radius 2 is 1.23 bits per heavy atom. The molecular formula is C53H35N5OPt. The van der Waals surface area contributed by atoms with E-state index in [1.807, 2.05) is 36.7 Å². The summed E-state index contributed by atoms with van der Waals surface area (Å²) in [6.07, 6.45) is 5.82. The van der Waals surface area contributed by atoms with Crippen LogP contribution in [0.5, 0.6) is 11.5 Å². The number of pyridine rings is 3. The van der Waals surface area contributed by atoms with E-state index < -0.39 is 5.41 Å². The molecule has 0 amide bonds. The van der Waals surface area contributed by atoms with Crippen molar-refractivity contribution < 1.29 is 25.8 Å². The number of fused-ring (bicyclic) bond motifs is 11. The Hall–Kier alpha value is -6.88. The van der Waals surface area contributed by atoms with Crippen LogP contribution in [0.15, 0.2) is 158 Å². The summed E-state index contributed by atoms with van der Waals surface area (Å²) in [5, 5.41) is 5.12. The van der Waals surface area contributed by atoms with Gasteiger partial charge in [0.15, 0.2) is 0 Å². The number of nitrogens with zero attached hydrogens (tertiary/aromatic N) is 5. The van der Waals surface area contributed by atoms with Crippen LogP contribution < -0.4 is 4.74 Å². The van der Waals surface area contributed by atoms with Crippen molar-refractivity contribution in [1.29, 1.82) is 0 Å². The fourth-order valence-corrected chi connectivity index (χ4v) is 10.00. The van der Waals surface area contributed by atoms with Crippen molar-refractivity contribution in [3.63, 3.8) is 0 Å². The largest absolute Gasteiger partial charge is 2.00 e. The molecule has 0 saturated heterocycles. The van der Waals surface area contributed by atoms with Crippen molar-refractivity contribution >= 4 is 49.3 Å². The average Bonchev–Trinajstić information content (AvgIpc) is 3.85. The van der Waals surface area contributed by atoms with Crippen LogP contribution in [0, 0.1) is 32.9 Å². The third-order valence-electron chi connectivity index (χ3n) is 12.2. The molecule has 0 N–H and O–H groups in total. The number of hydrogen-bond donors (Lipinski definition) is 0. The van der Waals surface area contributed by atoms with Crippen LogP contribution in [-0.4, -0.2) is 23.9 Å². The molecule has 288 valence electrons. The predicted octanol–water partition coefficient (Wildman–Crippen LogP) is 12.2. The molecule has 0 aliphatic carbocycles. The first kappa shape index (κ1) is 36.2. The topological polar surface area (TPSA) is 57.2 Å². The number of aromatic nitrogens is 5. The van der Waals surface area contributed by atoms with Crippen LogP contribution in [0.25, 0.3) is 66.3 Å². The molecule has 12 rings (SSSR count). The Morgan fingerprint density at radius 1 is 0.583 bits per heavy atom. The fraction of sp³-hybridized carbons (Fsp3) is 0.0755. The molecule has 0 fully saturated rings. The average molecular weight is 953 g/mol. The third-order valence-corrected chi connectivity index (χ3v) is 12.2. The molecule has 0 bridgehead atoms. The fourth-order valence-electron chi connectivity index (χ4n) is 10.00. The minimum atomic E-state index is -0.593. The quantitative estimate of drug-likeness (QED) is 0.127. The minimum absolute atomic E-state index is 0. The number of aryl methyl sites for hydroxylation is 3. The molecule has 11 aromatic rings. The summed E-state index contributed by atoms with van der Waals surface area (Å²) >= 11 is 0. The monoisotopic (exact) mass is 952 g/mol. The first-order valence-electron chi connectivity index (χ1n) is 19.9. The van der Waals surface area contributed by atoms with E-state index in [9.17, 15) is 0 Å². The molecule has 1 aliphatic heterocycles. The van der Waals surface area contributed by atoms with Gasteiger partial charge in [0.25, 0.3) is 0 Å². The van der Waals surface area contributed by atoms with Crippen molar-refractivity contribution in [3.05, 3.63) is 209 Å². The van der Waals surface area contributed by atoms with Gasteiger partial charge in [-0.3, -0.25) is 4.98 Å². The van der Waals surface area contributed by atoms with E-state index in [0.717, 1.165) is 71.9 Å². The second kappa shape index (κ2) is 13.6. The van der Waals surface area contributed by atoms with E-state index in [2.05, 4.69) is 163 Å². The first-order chi connectivity index (χ1) is 29.0. The van der Waals surface area contributed by atoms with E-state index in [0.29, 0.717) is 11.5 Å². The third kappa shape index (κ3) is 5.07. The second-order valence-electron chi connectivity index (χ2n) is 15.7. The number of hydrogen-bond acceptors (Lipinski definition) is 4. The van der Waals surface area contributed by atoms with Gasteiger partial charge in [0, 0.05) is 46.7 Å². The molecule has 0 unspecified atom stereocenters. The van der Waals surface area contributed by atoms with E-state index in [-0.39, 0.29) is 21.1 Å². The van der Waals surface area contributed by atoms with Crippen molar-refractivity contribution in [1.82, 2.24) is 23.9 Å². The summed E-state index contributed by atoms with van der Waals surface area (Å²) in [4.78, 5) is 15.2. The van der Waals surface area contributed by atoms with E-state index in [1.54, 1.807) is 0 Å². The number of ether oxygens (including phenoxy) is 1. The smallest absolute Gasteiger partial charge is 0.503 e. The molecule has 60 heavy (non-hydrogen) atoms. The van der Waals surface area contributed by atoms with Gasteiger partial charge in [-0.05, 0) is 71.5 Å². The second-order valence-corrected chi connectivity index (χ2v) is 15.7. The first-order valence-corrected chi connectivity index (χ1v) is 19.9. The van der Waals surface area contributed by atoms with Gasteiger partial charge in [-0.15, -0.1) is 29.7 Å². The Morgan fingerprint density at radius 3 is 1.98 bits per heavy atom. The van der Waals surface area contributed by atoms with Crippen LogP contribution >= 0.6 is 0 Å². The van der Waals surface area contributed by atoms with Crippen molar-refractivity contribution in [2.24, 2.45) is 0 Å².